The van der Waals surface area contributed by atoms with Gasteiger partial charge in [-0.25, -0.2) is 9.67 Å². The Bertz CT molecular complexity index is 1210. The summed E-state index contributed by atoms with van der Waals surface area (Å²) in [6, 6.07) is 16.4. The van der Waals surface area contributed by atoms with E-state index in [1.54, 1.807) is 12.1 Å². The average Bonchev–Trinajstić information content (AvgIpc) is 3.13. The van der Waals surface area contributed by atoms with Crippen molar-refractivity contribution < 1.29 is 9.53 Å². The molecule has 0 atom stereocenters. The Hall–Kier alpha value is -3.26. The Morgan fingerprint density at radius 3 is 2.55 bits per heavy atom. The monoisotopic (exact) mass is 479 g/mol. The number of nitrogens with one attached hydrogen (secondary N) is 1. The second-order valence-electron chi connectivity index (χ2n) is 8.36. The number of fused-ring (bicyclic) bond motifs is 1. The minimum Gasteiger partial charge on any atom is -0.439 e. The molecule has 1 amide bonds. The van der Waals surface area contributed by atoms with E-state index in [0.29, 0.717) is 32.9 Å². The Morgan fingerprint density at radius 2 is 1.87 bits per heavy atom. The predicted molar refractivity (Wildman–Crippen MR) is 123 cm³/mol. The van der Waals surface area contributed by atoms with Crippen molar-refractivity contribution in [3.05, 3.63) is 70.8 Å². The Kier molecular flexibility index (Phi) is 5.73. The molecule has 2 aromatic carbocycles. The van der Waals surface area contributed by atoms with Crippen LogP contribution in [0.1, 0.15) is 31.1 Å². The summed E-state index contributed by atoms with van der Waals surface area (Å²) in [5.41, 5.74) is 2.72. The van der Waals surface area contributed by atoms with Gasteiger partial charge in [-0.2, -0.15) is 0 Å². The molecule has 0 aliphatic carbocycles. The normalized spacial score (nSPS) is 11.5. The quantitative estimate of drug-likeness (QED) is 0.398. The minimum absolute atomic E-state index is 0.0728. The topological polar surface area (TPSA) is 81.9 Å². The van der Waals surface area contributed by atoms with Crippen molar-refractivity contribution in [3.8, 4) is 11.6 Å². The Balaban J connectivity index is 1.50. The second-order valence-corrected chi connectivity index (χ2v) is 9.15. The molecule has 0 saturated carbocycles. The van der Waals surface area contributed by atoms with E-state index < -0.39 is 0 Å². The van der Waals surface area contributed by atoms with Crippen LogP contribution in [0, 0.1) is 5.41 Å². The number of para-hydroxylation sites is 1. The maximum absolute atomic E-state index is 12.7. The zero-order valence-electron chi connectivity index (χ0n) is 17.5. The highest BCUT2D eigenvalue weighted by molar-refractivity contribution is 9.10. The third-order valence-corrected chi connectivity index (χ3v) is 5.26. The largest absolute Gasteiger partial charge is 0.439 e. The van der Waals surface area contributed by atoms with Crippen molar-refractivity contribution in [1.82, 2.24) is 20.0 Å². The average molecular weight is 480 g/mol. The Morgan fingerprint density at radius 1 is 1.10 bits per heavy atom. The summed E-state index contributed by atoms with van der Waals surface area (Å²) >= 11 is 3.56. The highest BCUT2D eigenvalue weighted by atomic mass is 79.9. The van der Waals surface area contributed by atoms with Gasteiger partial charge < -0.3 is 10.1 Å². The van der Waals surface area contributed by atoms with Gasteiger partial charge in [0.1, 0.15) is 11.3 Å². The van der Waals surface area contributed by atoms with Gasteiger partial charge in [-0.15, -0.1) is 5.10 Å². The predicted octanol–water partition coefficient (Wildman–Crippen LogP) is 5.68. The molecule has 158 valence electrons. The highest BCUT2D eigenvalue weighted by Crippen LogP contribution is 2.31. The molecule has 0 aliphatic rings. The van der Waals surface area contributed by atoms with Gasteiger partial charge in [0, 0.05) is 18.8 Å². The lowest BCUT2D eigenvalue weighted by Gasteiger charge is -2.18. The first kappa shape index (κ1) is 21.0. The van der Waals surface area contributed by atoms with E-state index in [9.17, 15) is 4.79 Å². The summed E-state index contributed by atoms with van der Waals surface area (Å²) in [6.45, 7) is 7.18. The van der Waals surface area contributed by atoms with Crippen LogP contribution in [-0.4, -0.2) is 25.9 Å². The molecule has 0 spiro atoms. The third-order valence-electron chi connectivity index (χ3n) is 4.46. The van der Waals surface area contributed by atoms with Crippen molar-refractivity contribution in [2.45, 2.75) is 27.3 Å². The van der Waals surface area contributed by atoms with Crippen molar-refractivity contribution in [2.24, 2.45) is 5.41 Å². The van der Waals surface area contributed by atoms with Gasteiger partial charge in [-0.3, -0.25) is 4.79 Å². The molecular formula is C23H22BrN5O2. The third kappa shape index (κ3) is 4.91. The van der Waals surface area contributed by atoms with Gasteiger partial charge in [-0.1, -0.05) is 44.2 Å². The highest BCUT2D eigenvalue weighted by Gasteiger charge is 2.18. The molecule has 2 heterocycles. The van der Waals surface area contributed by atoms with Gasteiger partial charge in [-0.05, 0) is 51.7 Å². The number of benzene rings is 2. The molecular weight excluding hydrogens is 458 g/mol. The lowest BCUT2D eigenvalue weighted by molar-refractivity contribution is 0.102. The molecule has 4 rings (SSSR count). The Labute approximate surface area is 188 Å². The van der Waals surface area contributed by atoms with Crippen LogP contribution in [0.15, 0.2) is 65.3 Å². The molecule has 0 saturated heterocycles. The van der Waals surface area contributed by atoms with Crippen LogP contribution in [0.3, 0.4) is 0 Å². The zero-order chi connectivity index (χ0) is 22.0. The fourth-order valence-corrected chi connectivity index (χ4v) is 3.56. The summed E-state index contributed by atoms with van der Waals surface area (Å²) in [4.78, 5) is 16.9. The van der Waals surface area contributed by atoms with Gasteiger partial charge in [0.05, 0.1) is 21.2 Å². The smallest absolute Gasteiger partial charge is 0.257 e. The number of nitrogens with zero attached hydrogens (tertiary/aromatic N) is 4. The number of rotatable bonds is 5. The van der Waals surface area contributed by atoms with Crippen LogP contribution in [0.25, 0.3) is 11.0 Å². The van der Waals surface area contributed by atoms with Crippen LogP contribution in [0.4, 0.5) is 5.69 Å². The number of ether oxygens (including phenoxy) is 1. The van der Waals surface area contributed by atoms with E-state index in [0.717, 1.165) is 12.1 Å². The number of amides is 1. The first-order valence-corrected chi connectivity index (χ1v) is 10.6. The number of pyridine rings is 1. The van der Waals surface area contributed by atoms with Crippen molar-refractivity contribution in [3.63, 3.8) is 0 Å². The summed E-state index contributed by atoms with van der Waals surface area (Å²) in [6.07, 6.45) is 1.49. The molecule has 0 fully saturated rings. The van der Waals surface area contributed by atoms with Gasteiger partial charge in [0.2, 0.25) is 5.88 Å². The standard InChI is InChI=1S/C23H22BrN5O2/c1-23(2,3)14-29-18-11-10-17(20(24)21(18)27-28-29)26-22(30)15-9-12-19(25-13-15)31-16-7-5-4-6-8-16/h4-13H,14H2,1-3H3,(H,26,30). The van der Waals surface area contributed by atoms with Crippen molar-refractivity contribution >= 4 is 38.6 Å². The number of carbonyl (C=O) groups excluding carboxylic acids is 1. The molecule has 0 aliphatic heterocycles. The molecule has 7 nitrogen and oxygen atoms in total. The lowest BCUT2D eigenvalue weighted by atomic mass is 9.97. The van der Waals surface area contributed by atoms with Crippen LogP contribution < -0.4 is 10.1 Å². The van der Waals surface area contributed by atoms with Crippen LogP contribution in [-0.2, 0) is 6.54 Å². The number of aromatic nitrogens is 4. The second kappa shape index (κ2) is 8.47. The van der Waals surface area contributed by atoms with E-state index in [-0.39, 0.29) is 11.3 Å². The molecule has 0 radical (unpaired) electrons. The number of hydrogen-bond acceptors (Lipinski definition) is 5. The number of anilines is 1. The van der Waals surface area contributed by atoms with Crippen LogP contribution in [0.2, 0.25) is 0 Å². The van der Waals surface area contributed by atoms with Crippen LogP contribution >= 0.6 is 15.9 Å². The molecule has 8 heteroatoms. The number of hydrogen-bond donors (Lipinski definition) is 1. The van der Waals surface area contributed by atoms with Gasteiger partial charge in [0.25, 0.3) is 5.91 Å². The molecule has 2 aromatic heterocycles. The van der Waals surface area contributed by atoms with Crippen LogP contribution in [0.5, 0.6) is 11.6 Å². The van der Waals surface area contributed by atoms with Crippen molar-refractivity contribution in [2.75, 3.05) is 5.32 Å². The summed E-state index contributed by atoms with van der Waals surface area (Å²) in [7, 11) is 0. The first-order chi connectivity index (χ1) is 14.8. The maximum Gasteiger partial charge on any atom is 0.257 e. The molecule has 1 N–H and O–H groups in total. The summed E-state index contributed by atoms with van der Waals surface area (Å²) < 4.78 is 8.23. The van der Waals surface area contributed by atoms with E-state index in [1.165, 1.54) is 6.20 Å². The van der Waals surface area contributed by atoms with E-state index in [1.807, 2.05) is 47.1 Å². The fraction of sp³-hybridized carbons (Fsp3) is 0.217. The SMILES string of the molecule is CC(C)(C)Cn1nnc2c(Br)c(NC(=O)c3ccc(Oc4ccccc4)nc3)ccc21. The van der Waals surface area contributed by atoms with E-state index in [4.69, 9.17) is 4.74 Å². The zero-order valence-corrected chi connectivity index (χ0v) is 19.0. The first-order valence-electron chi connectivity index (χ1n) is 9.82. The van der Waals surface area contributed by atoms with E-state index >= 15 is 0 Å². The lowest BCUT2D eigenvalue weighted by Crippen LogP contribution is -2.16. The molecule has 31 heavy (non-hydrogen) atoms. The number of halogens is 1. The van der Waals surface area contributed by atoms with Crippen molar-refractivity contribution in [1.29, 1.82) is 0 Å². The minimum atomic E-state index is -0.277. The molecule has 0 unspecified atom stereocenters. The maximum atomic E-state index is 12.7. The molecule has 4 aromatic rings. The summed E-state index contributed by atoms with van der Waals surface area (Å²) in [5, 5.41) is 11.4. The summed E-state index contributed by atoms with van der Waals surface area (Å²) in [5.74, 6) is 0.825. The van der Waals surface area contributed by atoms with E-state index in [2.05, 4.69) is 57.3 Å². The molecule has 0 bridgehead atoms. The van der Waals surface area contributed by atoms with Gasteiger partial charge >= 0.3 is 0 Å². The fourth-order valence-electron chi connectivity index (χ4n) is 3.05. The number of carbonyl (C=O) groups is 1. The van der Waals surface area contributed by atoms with Gasteiger partial charge in [0.15, 0.2) is 0 Å².